The summed E-state index contributed by atoms with van der Waals surface area (Å²) in [5, 5.41) is 0. The molecule has 1 aromatic heterocycles. The summed E-state index contributed by atoms with van der Waals surface area (Å²) in [6.45, 7) is 4.41. The minimum Gasteiger partial charge on any atom is -0.198 e. The van der Waals surface area contributed by atoms with Crippen molar-refractivity contribution in [2.45, 2.75) is 37.4 Å². The Morgan fingerprint density at radius 3 is 2.77 bits per heavy atom. The summed E-state index contributed by atoms with van der Waals surface area (Å²) in [6, 6.07) is 2.25. The topological polar surface area (TPSA) is 12.9 Å². The molecular formula is C10H14BrNS. The van der Waals surface area contributed by atoms with Gasteiger partial charge in [-0.2, -0.15) is 4.37 Å². The predicted molar refractivity (Wildman–Crippen MR) is 60.7 cm³/mol. The first-order valence-corrected chi connectivity index (χ1v) is 6.44. The lowest BCUT2D eigenvalue weighted by atomic mass is 9.96. The third kappa shape index (κ3) is 1.82. The number of alkyl halides is 1. The molecule has 3 heteroatoms. The molecule has 1 aliphatic carbocycles. The van der Waals surface area contributed by atoms with Crippen LogP contribution in [-0.2, 0) is 0 Å². The van der Waals surface area contributed by atoms with E-state index < -0.39 is 0 Å². The highest BCUT2D eigenvalue weighted by molar-refractivity contribution is 9.09. The number of aromatic nitrogens is 1. The summed E-state index contributed by atoms with van der Waals surface area (Å²) in [5.41, 5.74) is 1.17. The Labute approximate surface area is 91.8 Å². The molecular weight excluding hydrogens is 246 g/mol. The Hall–Kier alpha value is 0.110. The van der Waals surface area contributed by atoms with Gasteiger partial charge in [-0.25, -0.2) is 0 Å². The lowest BCUT2D eigenvalue weighted by Gasteiger charge is -2.14. The van der Waals surface area contributed by atoms with Crippen molar-refractivity contribution in [3.05, 3.63) is 16.6 Å². The molecule has 3 unspecified atom stereocenters. The Balaban J connectivity index is 2.18. The molecule has 72 valence electrons. The van der Waals surface area contributed by atoms with Crippen molar-refractivity contribution in [3.8, 4) is 0 Å². The molecule has 0 bridgehead atoms. The summed E-state index contributed by atoms with van der Waals surface area (Å²) in [4.78, 5) is 2.19. The molecule has 13 heavy (non-hydrogen) atoms. The molecule has 0 spiro atoms. The van der Waals surface area contributed by atoms with E-state index in [1.54, 1.807) is 11.5 Å². The minimum atomic E-state index is 0.708. The van der Waals surface area contributed by atoms with Gasteiger partial charge in [-0.1, -0.05) is 22.9 Å². The van der Waals surface area contributed by atoms with Crippen LogP contribution in [0.2, 0.25) is 0 Å². The number of nitrogens with zero attached hydrogens (tertiary/aromatic N) is 1. The fourth-order valence-corrected chi connectivity index (χ4v) is 3.70. The van der Waals surface area contributed by atoms with Crippen LogP contribution >= 0.6 is 27.5 Å². The van der Waals surface area contributed by atoms with Crippen molar-refractivity contribution in [1.82, 2.24) is 4.37 Å². The van der Waals surface area contributed by atoms with Gasteiger partial charge in [0.1, 0.15) is 0 Å². The second-order valence-corrected chi connectivity index (χ2v) is 5.94. The highest BCUT2D eigenvalue weighted by atomic mass is 79.9. The first kappa shape index (κ1) is 9.66. The second-order valence-electron chi connectivity index (χ2n) is 3.93. The molecule has 1 aromatic rings. The van der Waals surface area contributed by atoms with Crippen molar-refractivity contribution >= 4 is 27.5 Å². The van der Waals surface area contributed by atoms with Crippen LogP contribution in [0, 0.1) is 12.8 Å². The normalized spacial score (nSPS) is 33.9. The zero-order valence-electron chi connectivity index (χ0n) is 7.96. The summed E-state index contributed by atoms with van der Waals surface area (Å²) >= 11 is 5.41. The lowest BCUT2D eigenvalue weighted by Crippen LogP contribution is -2.07. The quantitative estimate of drug-likeness (QED) is 0.701. The maximum atomic E-state index is 4.35. The van der Waals surface area contributed by atoms with Gasteiger partial charge >= 0.3 is 0 Å². The Kier molecular flexibility index (Phi) is 2.75. The molecule has 1 fully saturated rings. The smallest absolute Gasteiger partial charge is 0.0514 e. The van der Waals surface area contributed by atoms with Crippen molar-refractivity contribution in [3.63, 3.8) is 0 Å². The van der Waals surface area contributed by atoms with E-state index in [1.165, 1.54) is 23.4 Å². The zero-order chi connectivity index (χ0) is 9.42. The van der Waals surface area contributed by atoms with E-state index in [2.05, 4.69) is 40.2 Å². The van der Waals surface area contributed by atoms with E-state index in [-0.39, 0.29) is 0 Å². The van der Waals surface area contributed by atoms with Crippen molar-refractivity contribution in [2.75, 3.05) is 0 Å². The van der Waals surface area contributed by atoms with E-state index in [4.69, 9.17) is 0 Å². The Morgan fingerprint density at radius 1 is 1.54 bits per heavy atom. The van der Waals surface area contributed by atoms with Gasteiger partial charge in [0, 0.05) is 9.70 Å². The third-order valence-electron chi connectivity index (χ3n) is 2.97. The van der Waals surface area contributed by atoms with Crippen molar-refractivity contribution in [2.24, 2.45) is 5.92 Å². The maximum absolute atomic E-state index is 4.35. The predicted octanol–water partition coefficient (Wildman–Crippen LogP) is 3.73. The third-order valence-corrected chi connectivity index (χ3v) is 5.27. The molecule has 0 radical (unpaired) electrons. The van der Waals surface area contributed by atoms with E-state index in [0.717, 1.165) is 11.8 Å². The second kappa shape index (κ2) is 3.70. The summed E-state index contributed by atoms with van der Waals surface area (Å²) < 4.78 is 4.35. The van der Waals surface area contributed by atoms with Crippen LogP contribution in [0.3, 0.4) is 0 Å². The number of hydrogen-bond donors (Lipinski definition) is 0. The van der Waals surface area contributed by atoms with Gasteiger partial charge in [0.25, 0.3) is 0 Å². The van der Waals surface area contributed by atoms with E-state index in [0.29, 0.717) is 4.83 Å². The highest BCUT2D eigenvalue weighted by Gasteiger charge is 2.32. The van der Waals surface area contributed by atoms with E-state index in [1.807, 2.05) is 0 Å². The molecule has 0 saturated heterocycles. The minimum absolute atomic E-state index is 0.708. The van der Waals surface area contributed by atoms with E-state index >= 15 is 0 Å². The van der Waals surface area contributed by atoms with Crippen LogP contribution in [0.4, 0.5) is 0 Å². The molecule has 1 saturated carbocycles. The van der Waals surface area contributed by atoms with Gasteiger partial charge in [-0.15, -0.1) is 0 Å². The fraction of sp³-hybridized carbons (Fsp3) is 0.700. The van der Waals surface area contributed by atoms with Gasteiger partial charge in [0.05, 0.1) is 5.69 Å². The van der Waals surface area contributed by atoms with Gasteiger partial charge in [-0.05, 0) is 49.2 Å². The van der Waals surface area contributed by atoms with Crippen LogP contribution in [0.1, 0.15) is 36.3 Å². The zero-order valence-corrected chi connectivity index (χ0v) is 10.4. The molecule has 0 N–H and O–H groups in total. The van der Waals surface area contributed by atoms with Crippen molar-refractivity contribution < 1.29 is 0 Å². The highest BCUT2D eigenvalue weighted by Crippen LogP contribution is 2.44. The molecule has 0 aliphatic heterocycles. The number of rotatable bonds is 1. The van der Waals surface area contributed by atoms with Crippen LogP contribution in [-0.4, -0.2) is 9.20 Å². The largest absolute Gasteiger partial charge is 0.198 e. The average Bonchev–Trinajstić information content (AvgIpc) is 2.62. The molecule has 3 atom stereocenters. The molecule has 1 nitrogen and oxygen atoms in total. The molecule has 0 amide bonds. The van der Waals surface area contributed by atoms with Crippen LogP contribution < -0.4 is 0 Å². The van der Waals surface area contributed by atoms with Gasteiger partial charge in [-0.3, -0.25) is 0 Å². The maximum Gasteiger partial charge on any atom is 0.0514 e. The number of halogens is 1. The van der Waals surface area contributed by atoms with Crippen LogP contribution in [0.5, 0.6) is 0 Å². The SMILES string of the molecule is Cc1cc(C2CCC(Br)C2C)sn1. The average molecular weight is 260 g/mol. The van der Waals surface area contributed by atoms with Gasteiger partial charge in [0.15, 0.2) is 0 Å². The fourth-order valence-electron chi connectivity index (χ4n) is 2.08. The molecule has 2 rings (SSSR count). The van der Waals surface area contributed by atoms with Crippen molar-refractivity contribution in [1.29, 1.82) is 0 Å². The summed E-state index contributed by atoms with van der Waals surface area (Å²) in [7, 11) is 0. The molecule has 1 heterocycles. The number of hydrogen-bond acceptors (Lipinski definition) is 2. The first-order valence-electron chi connectivity index (χ1n) is 4.76. The molecule has 1 aliphatic rings. The first-order chi connectivity index (χ1) is 6.18. The van der Waals surface area contributed by atoms with E-state index in [9.17, 15) is 0 Å². The Bertz CT molecular complexity index is 297. The lowest BCUT2D eigenvalue weighted by molar-refractivity contribution is 0.552. The monoisotopic (exact) mass is 259 g/mol. The Morgan fingerprint density at radius 2 is 2.31 bits per heavy atom. The standard InChI is InChI=1S/C10H14BrNS/c1-6-5-10(13-12-6)8-3-4-9(11)7(8)2/h5,7-9H,3-4H2,1-2H3. The summed E-state index contributed by atoms with van der Waals surface area (Å²) in [6.07, 6.45) is 2.63. The van der Waals surface area contributed by atoms with Crippen LogP contribution in [0.25, 0.3) is 0 Å². The van der Waals surface area contributed by atoms with Gasteiger partial charge < -0.3 is 0 Å². The van der Waals surface area contributed by atoms with Crippen LogP contribution in [0.15, 0.2) is 6.07 Å². The van der Waals surface area contributed by atoms with Gasteiger partial charge in [0.2, 0.25) is 0 Å². The summed E-state index contributed by atoms with van der Waals surface area (Å²) in [5.74, 6) is 1.51. The molecule has 0 aromatic carbocycles. The number of aryl methyl sites for hydroxylation is 1.